The Morgan fingerprint density at radius 1 is 0.744 bits per heavy atom. The van der Waals surface area contributed by atoms with Crippen molar-refractivity contribution in [1.82, 2.24) is 0 Å². The van der Waals surface area contributed by atoms with E-state index in [-0.39, 0.29) is 29.2 Å². The molecule has 2 nitrogen and oxygen atoms in total. The summed E-state index contributed by atoms with van der Waals surface area (Å²) in [5.41, 5.74) is -0.111. The van der Waals surface area contributed by atoms with Gasteiger partial charge in [0.1, 0.15) is 11.6 Å². The first-order valence-electron chi connectivity index (χ1n) is 14.2. The zero-order valence-corrected chi connectivity index (χ0v) is 23.5. The largest absolute Gasteiger partial charge is 0.459 e. The quantitative estimate of drug-likeness (QED) is 0.158. The Labute approximate surface area is 245 Å². The van der Waals surface area contributed by atoms with Crippen molar-refractivity contribution in [1.29, 1.82) is 0 Å². The molecule has 0 atom stereocenters. The molecule has 0 radical (unpaired) electrons. The summed E-state index contributed by atoms with van der Waals surface area (Å²) in [6.07, 6.45) is -0.312. The van der Waals surface area contributed by atoms with Gasteiger partial charge in [-0.15, -0.1) is 0 Å². The van der Waals surface area contributed by atoms with Crippen molar-refractivity contribution in [3.63, 3.8) is 0 Å². The van der Waals surface area contributed by atoms with Crippen LogP contribution in [0.15, 0.2) is 66.9 Å². The molecule has 43 heavy (non-hydrogen) atoms. The van der Waals surface area contributed by atoms with E-state index in [1.165, 1.54) is 43.9 Å². The van der Waals surface area contributed by atoms with Crippen molar-refractivity contribution in [2.75, 3.05) is 0 Å². The monoisotopic (exact) mass is 612 g/mol. The van der Waals surface area contributed by atoms with E-state index in [2.05, 4.69) is 11.7 Å². The molecule has 1 fully saturated rings. The van der Waals surface area contributed by atoms with Gasteiger partial charge in [0.25, 0.3) is 0 Å². The smallest absolute Gasteiger partial charge is 0.429 e. The van der Waals surface area contributed by atoms with E-state index in [0.717, 1.165) is 61.6 Å². The van der Waals surface area contributed by atoms with Gasteiger partial charge in [-0.3, -0.25) is 0 Å². The Kier molecular flexibility index (Phi) is 10.4. The van der Waals surface area contributed by atoms with Gasteiger partial charge >= 0.3 is 12.3 Å². The van der Waals surface area contributed by atoms with Crippen LogP contribution < -0.4 is 9.47 Å². The van der Waals surface area contributed by atoms with Gasteiger partial charge in [0.05, 0.1) is 17.9 Å². The van der Waals surface area contributed by atoms with Crippen LogP contribution in [0.1, 0.15) is 63.0 Å². The second-order valence-electron chi connectivity index (χ2n) is 10.9. The average molecular weight is 613 g/mol. The van der Waals surface area contributed by atoms with Crippen LogP contribution in [0.2, 0.25) is 0 Å². The first-order valence-corrected chi connectivity index (χ1v) is 14.2. The van der Waals surface area contributed by atoms with Crippen LogP contribution in [0, 0.1) is 29.3 Å². The van der Waals surface area contributed by atoms with Crippen molar-refractivity contribution in [3.05, 3.63) is 95.5 Å². The van der Waals surface area contributed by atoms with E-state index >= 15 is 0 Å². The van der Waals surface area contributed by atoms with E-state index in [0.29, 0.717) is 17.9 Å². The van der Waals surface area contributed by atoms with E-state index < -0.39 is 41.0 Å². The second-order valence-corrected chi connectivity index (χ2v) is 10.9. The summed E-state index contributed by atoms with van der Waals surface area (Å²) in [6, 6.07) is 10.0. The molecule has 1 aliphatic rings. The van der Waals surface area contributed by atoms with Gasteiger partial charge in [-0.1, -0.05) is 63.6 Å². The summed E-state index contributed by atoms with van der Waals surface area (Å²) in [4.78, 5) is 0. The van der Waals surface area contributed by atoms with Gasteiger partial charge in [-0.25, -0.2) is 13.2 Å². The van der Waals surface area contributed by atoms with Crippen LogP contribution in [-0.2, 0) is 12.5 Å². The van der Waals surface area contributed by atoms with Crippen LogP contribution in [0.4, 0.5) is 35.1 Å². The Hall–Kier alpha value is -3.56. The van der Waals surface area contributed by atoms with Gasteiger partial charge in [-0.05, 0) is 77.8 Å². The summed E-state index contributed by atoms with van der Waals surface area (Å²) in [7, 11) is 0. The molecule has 0 saturated heterocycles. The van der Waals surface area contributed by atoms with Crippen molar-refractivity contribution in [2.45, 2.75) is 70.6 Å². The third kappa shape index (κ3) is 8.97. The third-order valence-corrected chi connectivity index (χ3v) is 7.73. The van der Waals surface area contributed by atoms with E-state index in [4.69, 9.17) is 4.74 Å². The van der Waals surface area contributed by atoms with E-state index in [1.54, 1.807) is 0 Å². The molecule has 4 rings (SSSR count). The summed E-state index contributed by atoms with van der Waals surface area (Å²) in [5.74, 6) is -3.64. The Bertz CT molecular complexity index is 1370. The molecule has 10 heteroatoms. The number of rotatable bonds is 11. The number of alkyl halides is 5. The van der Waals surface area contributed by atoms with Crippen molar-refractivity contribution >= 4 is 0 Å². The summed E-state index contributed by atoms with van der Waals surface area (Å²) in [5, 5.41) is 0. The van der Waals surface area contributed by atoms with Crippen molar-refractivity contribution in [2.24, 2.45) is 11.8 Å². The normalized spacial score (nSPS) is 17.8. The van der Waals surface area contributed by atoms with Gasteiger partial charge in [0, 0.05) is 0 Å². The standard InChI is InChI=1S/C33H32F8O2/c1-2-3-21-4-6-22(7-5-21)8-9-23-10-15-27(28(34)18-23)33(40,41)43-26-13-11-24(12-14-26)25-19-29(35)31(30(36)20-25)42-17-16-32(37,38)39/h10-22H,2-9H2,1H3. The molecule has 0 spiro atoms. The molecule has 3 aromatic carbocycles. The average Bonchev–Trinajstić information content (AvgIpc) is 2.94. The molecule has 0 aliphatic heterocycles. The fraction of sp³-hybridized carbons (Fsp3) is 0.394. The molecule has 0 unspecified atom stereocenters. The minimum atomic E-state index is -4.73. The highest BCUT2D eigenvalue weighted by molar-refractivity contribution is 5.65. The second kappa shape index (κ2) is 13.8. The number of benzene rings is 3. The first kappa shape index (κ1) is 32.4. The fourth-order valence-corrected chi connectivity index (χ4v) is 5.47. The van der Waals surface area contributed by atoms with Crippen molar-refractivity contribution in [3.8, 4) is 22.6 Å². The maximum Gasteiger partial charge on any atom is 0.429 e. The maximum atomic E-state index is 14.9. The topological polar surface area (TPSA) is 18.5 Å². The van der Waals surface area contributed by atoms with Gasteiger partial charge in [-0.2, -0.15) is 22.0 Å². The molecule has 0 heterocycles. The number of halogens is 8. The number of hydrogen-bond donors (Lipinski definition) is 0. The summed E-state index contributed by atoms with van der Waals surface area (Å²) >= 11 is 0. The molecule has 3 aromatic rings. The van der Waals surface area contributed by atoms with Crippen LogP contribution in [0.5, 0.6) is 11.5 Å². The molecule has 0 N–H and O–H groups in total. The van der Waals surface area contributed by atoms with Crippen LogP contribution in [-0.4, -0.2) is 6.18 Å². The Morgan fingerprint density at radius 2 is 1.35 bits per heavy atom. The molecule has 1 aliphatic carbocycles. The van der Waals surface area contributed by atoms with Gasteiger partial charge in [0.15, 0.2) is 17.4 Å². The predicted octanol–water partition coefficient (Wildman–Crippen LogP) is 10.9. The molecular weight excluding hydrogens is 580 g/mol. The lowest BCUT2D eigenvalue weighted by Crippen LogP contribution is -2.23. The molecule has 0 bridgehead atoms. The number of allylic oxidation sites excluding steroid dienone is 1. The van der Waals surface area contributed by atoms with Crippen LogP contribution >= 0.6 is 0 Å². The molecule has 0 aromatic heterocycles. The highest BCUT2D eigenvalue weighted by Crippen LogP contribution is 2.37. The van der Waals surface area contributed by atoms with Crippen molar-refractivity contribution < 1.29 is 44.6 Å². The zero-order valence-electron chi connectivity index (χ0n) is 23.5. The predicted molar refractivity (Wildman–Crippen MR) is 147 cm³/mol. The summed E-state index contributed by atoms with van der Waals surface area (Å²) in [6.45, 7) is 2.19. The lowest BCUT2D eigenvalue weighted by molar-refractivity contribution is -0.187. The maximum absolute atomic E-state index is 14.9. The fourth-order valence-electron chi connectivity index (χ4n) is 5.47. The minimum absolute atomic E-state index is 0.0314. The molecule has 232 valence electrons. The molecular formula is C33H32F8O2. The number of hydrogen-bond acceptors (Lipinski definition) is 2. The minimum Gasteiger partial charge on any atom is -0.459 e. The number of aryl methyl sites for hydroxylation is 1. The Balaban J connectivity index is 1.37. The highest BCUT2D eigenvalue weighted by Gasteiger charge is 2.37. The zero-order chi connectivity index (χ0) is 31.2. The Morgan fingerprint density at radius 3 is 1.91 bits per heavy atom. The summed E-state index contributed by atoms with van der Waals surface area (Å²) < 4.78 is 119. The molecule has 1 saturated carbocycles. The van der Waals surface area contributed by atoms with Gasteiger partial charge < -0.3 is 9.47 Å². The van der Waals surface area contributed by atoms with Gasteiger partial charge in [0.2, 0.25) is 0 Å². The first-order chi connectivity index (χ1) is 20.3. The highest BCUT2D eigenvalue weighted by atomic mass is 19.4. The lowest BCUT2D eigenvalue weighted by atomic mass is 9.78. The lowest BCUT2D eigenvalue weighted by Gasteiger charge is -2.28. The van der Waals surface area contributed by atoms with E-state index in [1.807, 2.05) is 0 Å². The van der Waals surface area contributed by atoms with Crippen LogP contribution in [0.3, 0.4) is 0 Å². The van der Waals surface area contributed by atoms with E-state index in [9.17, 15) is 35.1 Å². The van der Waals surface area contributed by atoms with Crippen LogP contribution in [0.25, 0.3) is 11.1 Å². The third-order valence-electron chi connectivity index (χ3n) is 7.73. The number of ether oxygens (including phenoxy) is 2. The molecule has 0 amide bonds. The SMILES string of the molecule is CCCC1CCC(CCc2ccc(C(F)(F)Oc3ccc(-c4cc(F)c(OC=CC(F)(F)F)c(F)c4)cc3)c(F)c2)CC1.